The van der Waals surface area contributed by atoms with Crippen molar-refractivity contribution in [3.8, 4) is 0 Å². The highest BCUT2D eigenvalue weighted by Crippen LogP contribution is 2.36. The van der Waals surface area contributed by atoms with Gasteiger partial charge in [-0.15, -0.1) is 0 Å². The summed E-state index contributed by atoms with van der Waals surface area (Å²) >= 11 is 0. The zero-order valence-electron chi connectivity index (χ0n) is 43.9. The average molecular weight is 988 g/mol. The maximum absolute atomic E-state index is 15.0. The van der Waals surface area contributed by atoms with Crippen LogP contribution in [-0.2, 0) is 59.4 Å². The van der Waals surface area contributed by atoms with Crippen molar-refractivity contribution in [3.63, 3.8) is 0 Å². The minimum Gasteiger partial charge on any atom is -0.347 e. The van der Waals surface area contributed by atoms with E-state index in [4.69, 9.17) is 0 Å². The molecule has 0 aromatic heterocycles. The number of hydrogen-bond donors (Lipinski definition) is 7. The van der Waals surface area contributed by atoms with Gasteiger partial charge in [-0.2, -0.15) is 0 Å². The van der Waals surface area contributed by atoms with Crippen molar-refractivity contribution in [2.45, 2.75) is 162 Å². The number of aryl methyl sites for hydroxylation is 2. The lowest BCUT2D eigenvalue weighted by Gasteiger charge is -2.42. The first-order chi connectivity index (χ1) is 34.1. The van der Waals surface area contributed by atoms with Crippen molar-refractivity contribution in [1.29, 1.82) is 0 Å². The minimum absolute atomic E-state index is 0.0333. The van der Waals surface area contributed by atoms with Crippen LogP contribution in [0.4, 0.5) is 5.69 Å². The van der Waals surface area contributed by atoms with E-state index in [1.165, 1.54) is 16.0 Å². The topological polar surface area (TPSA) is 210 Å². The first-order valence-electron chi connectivity index (χ1n) is 25.8. The third-order valence-corrected chi connectivity index (χ3v) is 15.3. The zero-order chi connectivity index (χ0) is 52.2. The molecule has 1 fully saturated rings. The van der Waals surface area contributed by atoms with Crippen LogP contribution in [0.25, 0.3) is 0 Å². The molecular weight excluding hydrogens is 911 g/mol. The summed E-state index contributed by atoms with van der Waals surface area (Å²) in [6.07, 6.45) is 5.40. The second-order valence-corrected chi connectivity index (χ2v) is 22.5. The number of anilines is 1. The Morgan fingerprint density at radius 2 is 1.07 bits per heavy atom. The third kappa shape index (κ3) is 12.0. The molecule has 3 aromatic rings. The Bertz CT molecular complexity index is 2530. The molecule has 9 atom stereocenters. The van der Waals surface area contributed by atoms with Gasteiger partial charge in [0.2, 0.25) is 41.4 Å². The largest absolute Gasteiger partial charge is 0.347 e. The van der Waals surface area contributed by atoms with Gasteiger partial charge >= 0.3 is 0 Å². The second-order valence-electron chi connectivity index (χ2n) is 22.5. The summed E-state index contributed by atoms with van der Waals surface area (Å²) in [7, 11) is 3.33. The van der Waals surface area contributed by atoms with Crippen LogP contribution in [0.1, 0.15) is 133 Å². The number of likely N-dealkylation sites (tertiary alicyclic amines) is 1. The quantitative estimate of drug-likeness (QED) is 0.119. The Morgan fingerprint density at radius 3 is 1.57 bits per heavy atom. The number of nitrogens with zero attached hydrogens (tertiary/aromatic N) is 2. The first-order valence-corrected chi connectivity index (χ1v) is 25.8. The van der Waals surface area contributed by atoms with Crippen LogP contribution in [0.15, 0.2) is 66.7 Å². The molecule has 2 aliphatic carbocycles. The van der Waals surface area contributed by atoms with Crippen LogP contribution in [0, 0.1) is 16.7 Å². The SMILES string of the molecule is CN[C@@H](C)C(=O)NC(C(=O)N1Cc2cc(NC(=O)C3C[C@@H](C(=O)N[C@@H]4CCCc5ccccc54)N(C(=O)C(NC(=O)[C@H](C)NC)C(C)(C)C)C3)ccc2CC1C(=O)NC1CCCc2ccccc21)C(C)(C)C. The molecule has 16 heteroatoms. The number of rotatable bonds is 14. The van der Waals surface area contributed by atoms with Crippen LogP contribution >= 0.6 is 0 Å². The number of amides is 7. The summed E-state index contributed by atoms with van der Waals surface area (Å²) < 4.78 is 0. The van der Waals surface area contributed by atoms with E-state index in [0.717, 1.165) is 60.8 Å². The van der Waals surface area contributed by atoms with Gasteiger partial charge in [-0.25, -0.2) is 0 Å². The fourth-order valence-corrected chi connectivity index (χ4v) is 10.7. The molecule has 7 rings (SSSR count). The molecule has 0 bridgehead atoms. The van der Waals surface area contributed by atoms with Crippen LogP contribution in [0.2, 0.25) is 0 Å². The molecule has 0 saturated carbocycles. The molecule has 4 aliphatic rings. The van der Waals surface area contributed by atoms with Gasteiger partial charge in [0.1, 0.15) is 24.2 Å². The van der Waals surface area contributed by atoms with Crippen LogP contribution < -0.4 is 37.2 Å². The van der Waals surface area contributed by atoms with Crippen molar-refractivity contribution in [3.05, 3.63) is 100 Å². The Hall–Kier alpha value is -6.13. The van der Waals surface area contributed by atoms with Gasteiger partial charge in [0.15, 0.2) is 0 Å². The van der Waals surface area contributed by atoms with E-state index >= 15 is 0 Å². The van der Waals surface area contributed by atoms with Crippen molar-refractivity contribution in [1.82, 2.24) is 41.7 Å². The molecule has 16 nitrogen and oxygen atoms in total. The van der Waals surface area contributed by atoms with Gasteiger partial charge in [0.05, 0.1) is 30.1 Å². The smallest absolute Gasteiger partial charge is 0.246 e. The third-order valence-electron chi connectivity index (χ3n) is 15.3. The summed E-state index contributed by atoms with van der Waals surface area (Å²) in [5.41, 5.74) is 5.01. The van der Waals surface area contributed by atoms with E-state index in [0.29, 0.717) is 5.69 Å². The molecule has 72 heavy (non-hydrogen) atoms. The summed E-state index contributed by atoms with van der Waals surface area (Å²) in [4.78, 5) is 103. The predicted octanol–water partition coefficient (Wildman–Crippen LogP) is 4.76. The Labute approximate surface area is 425 Å². The van der Waals surface area contributed by atoms with E-state index in [2.05, 4.69) is 49.4 Å². The van der Waals surface area contributed by atoms with Gasteiger partial charge in [0, 0.05) is 25.2 Å². The molecule has 7 N–H and O–H groups in total. The Morgan fingerprint density at radius 1 is 0.583 bits per heavy atom. The molecule has 388 valence electrons. The Kier molecular flexibility index (Phi) is 16.6. The average Bonchev–Trinajstić information content (AvgIpc) is 3.81. The minimum atomic E-state index is -0.998. The maximum atomic E-state index is 15.0. The Balaban J connectivity index is 1.16. The van der Waals surface area contributed by atoms with E-state index in [1.54, 1.807) is 38.9 Å². The highest BCUT2D eigenvalue weighted by molar-refractivity contribution is 5.98. The number of carbonyl (C=O) groups excluding carboxylic acids is 7. The number of benzene rings is 3. The summed E-state index contributed by atoms with van der Waals surface area (Å²) in [5, 5.41) is 21.3. The van der Waals surface area contributed by atoms with Crippen molar-refractivity contribution in [2.75, 3.05) is 26.0 Å². The maximum Gasteiger partial charge on any atom is 0.246 e. The van der Waals surface area contributed by atoms with E-state index in [9.17, 15) is 33.6 Å². The lowest BCUT2D eigenvalue weighted by molar-refractivity contribution is -0.147. The van der Waals surface area contributed by atoms with E-state index < -0.39 is 70.7 Å². The van der Waals surface area contributed by atoms with Crippen LogP contribution in [-0.4, -0.2) is 108 Å². The fraction of sp³-hybridized carbons (Fsp3) is 0.554. The van der Waals surface area contributed by atoms with Crippen LogP contribution in [0.3, 0.4) is 0 Å². The number of nitrogens with one attached hydrogen (secondary N) is 7. The van der Waals surface area contributed by atoms with Crippen molar-refractivity contribution in [2.24, 2.45) is 16.7 Å². The zero-order valence-corrected chi connectivity index (χ0v) is 43.9. The van der Waals surface area contributed by atoms with Crippen molar-refractivity contribution < 1.29 is 33.6 Å². The van der Waals surface area contributed by atoms with Crippen molar-refractivity contribution >= 4 is 47.0 Å². The van der Waals surface area contributed by atoms with Gasteiger partial charge in [0.25, 0.3) is 0 Å². The standard InChI is InChI=1S/C56H77N9O7/c1-32(57-9)48(66)62-46(55(3,4)5)53(71)64-30-37-27-39(26-25-36(37)28-44(64)51(69)60-42-23-15-19-34-17-11-13-21-40(34)42)59-50(68)38-29-45(52(70)61-43-24-16-20-35-18-12-14-22-41(35)43)65(31-38)54(72)47(56(6,7)8)63-49(67)33(2)58-10/h11-14,17-18,21-22,25-27,32-33,38,42-47,57-58H,15-16,19-20,23-24,28-31H2,1-10H3,(H,59,68)(H,60,69)(H,61,70)(H,62,66)(H,63,67)/t32-,33-,38?,42?,43+,44?,45-,46?,47?/m0/s1. The summed E-state index contributed by atoms with van der Waals surface area (Å²) in [5.74, 6) is -3.39. The predicted molar refractivity (Wildman–Crippen MR) is 277 cm³/mol. The molecule has 0 spiro atoms. The molecule has 5 unspecified atom stereocenters. The van der Waals surface area contributed by atoms with Gasteiger partial charge in [-0.05, 0) is 129 Å². The van der Waals surface area contributed by atoms with E-state index in [1.807, 2.05) is 90.1 Å². The summed E-state index contributed by atoms with van der Waals surface area (Å²) in [6, 6.07) is 16.1. The molecule has 3 aromatic carbocycles. The molecule has 2 heterocycles. The monoisotopic (exact) mass is 988 g/mol. The molecule has 0 radical (unpaired) electrons. The first kappa shape index (κ1) is 53.7. The highest BCUT2D eigenvalue weighted by atomic mass is 16.2. The number of carbonyl (C=O) groups is 7. The molecule has 7 amide bonds. The van der Waals surface area contributed by atoms with Gasteiger partial charge < -0.3 is 47.0 Å². The summed E-state index contributed by atoms with van der Waals surface area (Å²) in [6.45, 7) is 14.6. The lowest BCUT2D eigenvalue weighted by atomic mass is 9.83. The lowest BCUT2D eigenvalue weighted by Crippen LogP contribution is -2.62. The highest BCUT2D eigenvalue weighted by Gasteiger charge is 2.48. The normalized spacial score (nSPS) is 22.4. The van der Waals surface area contributed by atoms with Crippen LogP contribution in [0.5, 0.6) is 0 Å². The molecule has 1 saturated heterocycles. The number of hydrogen-bond acceptors (Lipinski definition) is 9. The molecule has 2 aliphatic heterocycles. The number of fused-ring (bicyclic) bond motifs is 3. The van der Waals surface area contributed by atoms with Gasteiger partial charge in [-0.3, -0.25) is 33.6 Å². The molecular formula is C56H77N9O7. The second kappa shape index (κ2) is 22.3. The van der Waals surface area contributed by atoms with E-state index in [-0.39, 0.29) is 61.6 Å². The fourth-order valence-electron chi connectivity index (χ4n) is 10.7. The van der Waals surface area contributed by atoms with Gasteiger partial charge in [-0.1, -0.05) is 96.1 Å². The number of likely N-dealkylation sites (N-methyl/N-ethyl adjacent to an activating group) is 2.